The molecule has 5 nitrogen and oxygen atoms in total. The molecule has 2 aliphatic rings. The van der Waals surface area contributed by atoms with Crippen LogP contribution >= 0.6 is 11.8 Å². The van der Waals surface area contributed by atoms with Gasteiger partial charge in [-0.05, 0) is 13.8 Å². The monoisotopic (exact) mass is 230 g/mol. The van der Waals surface area contributed by atoms with E-state index < -0.39 is 22.8 Å². The Labute approximate surface area is 92.2 Å². The van der Waals surface area contributed by atoms with Gasteiger partial charge >= 0.3 is 5.91 Å². The van der Waals surface area contributed by atoms with Crippen LogP contribution in [0.15, 0.2) is 0 Å². The highest BCUT2D eigenvalue weighted by atomic mass is 32.2. The molecule has 2 aliphatic heterocycles. The van der Waals surface area contributed by atoms with Gasteiger partial charge in [-0.2, -0.15) is 0 Å². The van der Waals surface area contributed by atoms with Gasteiger partial charge in [-0.1, -0.05) is 11.8 Å². The second-order valence-electron chi connectivity index (χ2n) is 4.84. The van der Waals surface area contributed by atoms with Gasteiger partial charge in [0, 0.05) is 0 Å². The minimum Gasteiger partial charge on any atom is -0.544 e. The molecule has 2 N–H and O–H groups in total. The molecule has 0 aromatic carbocycles. The summed E-state index contributed by atoms with van der Waals surface area (Å²) in [5.41, 5.74) is 5.68. The molecule has 0 aliphatic carbocycles. The Balaban J connectivity index is 2.45. The predicted octanol–water partition coefficient (Wildman–Crippen LogP) is -1.73. The van der Waals surface area contributed by atoms with Crippen LogP contribution in [-0.4, -0.2) is 45.6 Å². The van der Waals surface area contributed by atoms with Crippen LogP contribution in [0.3, 0.4) is 0 Å². The highest BCUT2D eigenvalue weighted by Gasteiger charge is 2.73. The van der Waals surface area contributed by atoms with Crippen molar-refractivity contribution in [3.8, 4) is 0 Å². The number of thioether (sulfide) groups is 1. The molecule has 84 valence electrons. The maximum atomic E-state index is 11.7. The van der Waals surface area contributed by atoms with Gasteiger partial charge in [0.1, 0.15) is 5.97 Å². The molecule has 6 heteroatoms. The summed E-state index contributed by atoms with van der Waals surface area (Å²) < 4.78 is -0.622. The lowest BCUT2D eigenvalue weighted by Crippen LogP contribution is -2.80. The maximum absolute atomic E-state index is 11.7. The summed E-state index contributed by atoms with van der Waals surface area (Å²) >= 11 is 1.47. The minimum absolute atomic E-state index is 0.110. The second-order valence-corrected chi connectivity index (χ2v) is 6.62. The van der Waals surface area contributed by atoms with E-state index in [4.69, 9.17) is 5.73 Å². The number of amides is 1. The number of fused-ring (bicyclic) bond motifs is 1. The third-order valence-electron chi connectivity index (χ3n) is 3.44. The molecule has 1 amide bonds. The topological polar surface area (TPSA) is 83.2 Å². The Kier molecular flexibility index (Phi) is 2.00. The lowest BCUT2D eigenvalue weighted by Gasteiger charge is -2.48. The highest BCUT2D eigenvalue weighted by Crippen LogP contribution is 2.54. The maximum Gasteiger partial charge on any atom is 0.339 e. The van der Waals surface area contributed by atoms with Crippen LogP contribution in [0, 0.1) is 0 Å². The lowest BCUT2D eigenvalue weighted by atomic mass is 9.92. The average Bonchev–Trinajstić information content (AvgIpc) is 2.30. The minimum atomic E-state index is -1.17. The third kappa shape index (κ3) is 1.07. The summed E-state index contributed by atoms with van der Waals surface area (Å²) in [6.07, 6.45) is 0. The van der Waals surface area contributed by atoms with Gasteiger partial charge in [0.2, 0.25) is 0 Å². The molecule has 4 atom stereocenters. The van der Waals surface area contributed by atoms with Crippen molar-refractivity contribution >= 4 is 23.6 Å². The molecule has 2 heterocycles. The van der Waals surface area contributed by atoms with E-state index in [0.717, 1.165) is 0 Å². The van der Waals surface area contributed by atoms with Gasteiger partial charge in [-0.3, -0.25) is 0 Å². The van der Waals surface area contributed by atoms with Crippen LogP contribution in [-0.2, 0) is 9.59 Å². The number of nitrogens with zero attached hydrogens (tertiary/aromatic N) is 1. The molecular formula is C9H14N2O3S. The van der Waals surface area contributed by atoms with E-state index in [1.807, 2.05) is 13.8 Å². The fourth-order valence-corrected chi connectivity index (χ4v) is 4.58. The zero-order valence-corrected chi connectivity index (χ0v) is 9.71. The van der Waals surface area contributed by atoms with Crippen LogP contribution in [0.25, 0.3) is 0 Å². The van der Waals surface area contributed by atoms with Gasteiger partial charge in [-0.25, -0.2) is 9.28 Å². The summed E-state index contributed by atoms with van der Waals surface area (Å²) in [5.74, 6) is -1.37. The molecule has 4 unspecified atom stereocenters. The number of quaternary nitrogens is 1. The van der Waals surface area contributed by atoms with Crippen LogP contribution in [0.4, 0.5) is 0 Å². The molecule has 0 aromatic heterocycles. The van der Waals surface area contributed by atoms with Gasteiger partial charge in [0.25, 0.3) is 0 Å². The average molecular weight is 230 g/mol. The van der Waals surface area contributed by atoms with Crippen LogP contribution in [0.1, 0.15) is 13.8 Å². The van der Waals surface area contributed by atoms with Gasteiger partial charge in [-0.15, -0.1) is 0 Å². The zero-order chi connectivity index (χ0) is 11.6. The third-order valence-corrected chi connectivity index (χ3v) is 5.24. The first-order valence-corrected chi connectivity index (χ1v) is 5.65. The molecule has 0 aromatic rings. The van der Waals surface area contributed by atoms with E-state index in [2.05, 4.69) is 0 Å². The van der Waals surface area contributed by atoms with Crippen LogP contribution in [0.2, 0.25) is 0 Å². The van der Waals surface area contributed by atoms with Crippen molar-refractivity contribution in [1.29, 1.82) is 0 Å². The van der Waals surface area contributed by atoms with Crippen molar-refractivity contribution in [3.05, 3.63) is 0 Å². The van der Waals surface area contributed by atoms with E-state index >= 15 is 0 Å². The number of carboxylic acids is 1. The number of hydrogen-bond acceptors (Lipinski definition) is 5. The Hall–Kier alpha value is -0.590. The van der Waals surface area contributed by atoms with Gasteiger partial charge < -0.3 is 15.6 Å². The molecule has 0 bridgehead atoms. The SMILES string of the molecule is CC1(C)SC2C(N)C(=O)[N+]2(C)C1C(=O)[O-]. The molecule has 0 radical (unpaired) electrons. The number of carbonyl (C=O) groups is 2. The summed E-state index contributed by atoms with van der Waals surface area (Å²) in [7, 11) is 1.64. The zero-order valence-electron chi connectivity index (χ0n) is 8.89. The van der Waals surface area contributed by atoms with E-state index in [9.17, 15) is 14.7 Å². The van der Waals surface area contributed by atoms with E-state index in [1.165, 1.54) is 11.8 Å². The Morgan fingerprint density at radius 1 is 1.60 bits per heavy atom. The fourth-order valence-electron chi connectivity index (χ4n) is 2.80. The molecule has 2 fully saturated rings. The number of rotatable bonds is 1. The second kappa shape index (κ2) is 2.75. The first-order chi connectivity index (χ1) is 6.73. The number of likely N-dealkylation sites (N-methyl/N-ethyl adjacent to an activating group) is 1. The van der Waals surface area contributed by atoms with Gasteiger partial charge in [0.15, 0.2) is 17.5 Å². The molecule has 15 heavy (non-hydrogen) atoms. The molecule has 2 saturated heterocycles. The number of carbonyl (C=O) groups excluding carboxylic acids is 2. The normalized spacial score (nSPS) is 47.2. The lowest BCUT2D eigenvalue weighted by molar-refractivity contribution is -0.887. The fraction of sp³-hybridized carbons (Fsp3) is 0.778. The largest absolute Gasteiger partial charge is 0.544 e. The molecular weight excluding hydrogens is 216 g/mol. The molecule has 0 spiro atoms. The number of hydrogen-bond donors (Lipinski definition) is 1. The van der Waals surface area contributed by atoms with Crippen LogP contribution in [0.5, 0.6) is 0 Å². The first-order valence-electron chi connectivity index (χ1n) is 4.77. The van der Waals surface area contributed by atoms with Crippen molar-refractivity contribution in [3.63, 3.8) is 0 Å². The standard InChI is InChI=1S/C9H14N2O3S/c1-9(2)5(8(13)14)11(3)6(12)4(10)7(11)15-9/h4-5,7H,10H2,1-3H3. The molecule has 0 saturated carbocycles. The van der Waals surface area contributed by atoms with E-state index in [-0.39, 0.29) is 15.8 Å². The van der Waals surface area contributed by atoms with Crippen molar-refractivity contribution in [1.82, 2.24) is 0 Å². The van der Waals surface area contributed by atoms with Gasteiger partial charge in [0.05, 0.1) is 11.8 Å². The number of carboxylic acid groups (broad SMARTS) is 1. The Morgan fingerprint density at radius 2 is 2.13 bits per heavy atom. The number of aliphatic carboxylic acids is 1. The van der Waals surface area contributed by atoms with Crippen molar-refractivity contribution in [2.75, 3.05) is 7.05 Å². The number of nitrogens with two attached hydrogens (primary N) is 1. The van der Waals surface area contributed by atoms with E-state index in [1.54, 1.807) is 7.05 Å². The van der Waals surface area contributed by atoms with E-state index in [0.29, 0.717) is 0 Å². The summed E-state index contributed by atoms with van der Waals surface area (Å²) in [6, 6.07) is -1.34. The smallest absolute Gasteiger partial charge is 0.339 e. The van der Waals surface area contributed by atoms with Crippen molar-refractivity contribution < 1.29 is 19.2 Å². The summed E-state index contributed by atoms with van der Waals surface area (Å²) in [5, 5.41) is 11.0. The predicted molar refractivity (Wildman–Crippen MR) is 53.4 cm³/mol. The Morgan fingerprint density at radius 3 is 2.60 bits per heavy atom. The Bertz CT molecular complexity index is 357. The highest BCUT2D eigenvalue weighted by molar-refractivity contribution is 8.01. The summed E-state index contributed by atoms with van der Waals surface area (Å²) in [6.45, 7) is 3.64. The van der Waals surface area contributed by atoms with Crippen LogP contribution < -0.4 is 10.8 Å². The first kappa shape index (κ1) is 10.9. The van der Waals surface area contributed by atoms with Crippen molar-refractivity contribution in [2.24, 2.45) is 5.73 Å². The molecule has 2 rings (SSSR count). The number of β-lactam (4-membered cyclic amide) rings is 1. The quantitative estimate of drug-likeness (QED) is 0.427. The summed E-state index contributed by atoms with van der Waals surface area (Å²) in [4.78, 5) is 22.8. The van der Waals surface area contributed by atoms with Crippen molar-refractivity contribution in [2.45, 2.75) is 36.1 Å².